The summed E-state index contributed by atoms with van der Waals surface area (Å²) < 4.78 is 7.06. The van der Waals surface area contributed by atoms with Gasteiger partial charge in [0, 0.05) is 16.4 Å². The van der Waals surface area contributed by atoms with Crippen molar-refractivity contribution in [1.82, 2.24) is 0 Å². The molecule has 0 fully saturated rings. The van der Waals surface area contributed by atoms with Crippen LogP contribution in [-0.2, 0) is 13.2 Å². The van der Waals surface area contributed by atoms with Crippen molar-refractivity contribution in [1.29, 1.82) is 0 Å². The monoisotopic (exact) mass is 341 g/mol. The second kappa shape index (κ2) is 6.29. The first-order valence-corrected chi connectivity index (χ1v) is 7.65. The number of halogens is 1. The van der Waals surface area contributed by atoms with E-state index in [1.54, 1.807) is 0 Å². The largest absolute Gasteiger partial charge is 0.488 e. The zero-order valence-corrected chi connectivity index (χ0v) is 13.1. The van der Waals surface area contributed by atoms with E-state index in [-0.39, 0.29) is 0 Å². The van der Waals surface area contributed by atoms with E-state index in [1.807, 2.05) is 36.4 Å². The molecule has 3 heteroatoms. The van der Waals surface area contributed by atoms with Gasteiger partial charge in [0.15, 0.2) is 0 Å². The maximum atomic E-state index is 5.99. The average molecular weight is 342 g/mol. The van der Waals surface area contributed by atoms with E-state index in [0.29, 0.717) is 13.2 Å². The predicted octanol–water partition coefficient (Wildman–Crippen LogP) is 4.64. The van der Waals surface area contributed by atoms with Crippen molar-refractivity contribution in [3.05, 3.63) is 76.3 Å². The number of rotatable bonds is 4. The number of ether oxygens (including phenoxy) is 1. The summed E-state index contributed by atoms with van der Waals surface area (Å²) in [7, 11) is 0. The lowest BCUT2D eigenvalue weighted by atomic mass is 10.0. The van der Waals surface area contributed by atoms with Gasteiger partial charge in [-0.1, -0.05) is 58.4 Å². The Morgan fingerprint density at radius 2 is 1.57 bits per heavy atom. The zero-order chi connectivity index (χ0) is 14.7. The summed E-state index contributed by atoms with van der Waals surface area (Å²) in [5, 5.41) is 2.27. The molecule has 0 heterocycles. The third kappa shape index (κ3) is 3.09. The molecule has 0 aromatic heterocycles. The maximum Gasteiger partial charge on any atom is 0.127 e. The molecular formula is C18H16BrNO. The van der Waals surface area contributed by atoms with Crippen LogP contribution in [0.5, 0.6) is 5.75 Å². The first-order valence-electron chi connectivity index (χ1n) is 6.86. The van der Waals surface area contributed by atoms with Crippen LogP contribution in [0.25, 0.3) is 10.8 Å². The molecule has 0 aliphatic heterocycles. The van der Waals surface area contributed by atoms with Gasteiger partial charge in [0.25, 0.3) is 0 Å². The second-order valence-electron chi connectivity index (χ2n) is 4.89. The number of hydrogen-bond acceptors (Lipinski definition) is 2. The molecule has 0 unspecified atom stereocenters. The molecular weight excluding hydrogens is 326 g/mol. The van der Waals surface area contributed by atoms with Gasteiger partial charge in [-0.05, 0) is 34.7 Å². The number of fused-ring (bicyclic) bond motifs is 1. The Kier molecular flexibility index (Phi) is 4.23. The van der Waals surface area contributed by atoms with E-state index in [0.717, 1.165) is 32.1 Å². The van der Waals surface area contributed by atoms with Crippen LogP contribution in [0.3, 0.4) is 0 Å². The van der Waals surface area contributed by atoms with Crippen LogP contribution in [0.1, 0.15) is 11.1 Å². The van der Waals surface area contributed by atoms with Crippen LogP contribution in [0.2, 0.25) is 0 Å². The summed E-state index contributed by atoms with van der Waals surface area (Å²) >= 11 is 3.44. The molecule has 0 saturated carbocycles. The highest BCUT2D eigenvalue weighted by Gasteiger charge is 2.06. The first-order chi connectivity index (χ1) is 10.3. The van der Waals surface area contributed by atoms with Crippen molar-refractivity contribution in [3.63, 3.8) is 0 Å². The van der Waals surface area contributed by atoms with Gasteiger partial charge in [0.2, 0.25) is 0 Å². The summed E-state index contributed by atoms with van der Waals surface area (Å²) in [4.78, 5) is 0. The number of hydrogen-bond donors (Lipinski definition) is 1. The zero-order valence-electron chi connectivity index (χ0n) is 11.6. The third-order valence-corrected chi connectivity index (χ3v) is 4.03. The number of nitrogens with two attached hydrogens (primary N) is 1. The minimum atomic E-state index is 0.535. The van der Waals surface area contributed by atoms with Crippen LogP contribution in [0.4, 0.5) is 0 Å². The molecule has 0 atom stereocenters. The van der Waals surface area contributed by atoms with E-state index in [4.69, 9.17) is 10.5 Å². The molecule has 2 N–H and O–H groups in total. The van der Waals surface area contributed by atoms with Crippen molar-refractivity contribution in [3.8, 4) is 5.75 Å². The fraction of sp³-hybridized carbons (Fsp3) is 0.111. The van der Waals surface area contributed by atoms with E-state index in [1.165, 1.54) is 0 Å². The van der Waals surface area contributed by atoms with Crippen molar-refractivity contribution in [2.75, 3.05) is 0 Å². The lowest BCUT2D eigenvalue weighted by Gasteiger charge is -2.12. The van der Waals surface area contributed by atoms with Crippen molar-refractivity contribution >= 4 is 26.7 Å². The van der Waals surface area contributed by atoms with Crippen molar-refractivity contribution < 1.29 is 4.74 Å². The minimum absolute atomic E-state index is 0.535. The highest BCUT2D eigenvalue weighted by atomic mass is 79.9. The van der Waals surface area contributed by atoms with Crippen LogP contribution in [0, 0.1) is 0 Å². The summed E-state index contributed by atoms with van der Waals surface area (Å²) in [6.45, 7) is 1.09. The SMILES string of the molecule is NCc1ccc(OCc2ccc(Br)cc2)c2ccccc12. The smallest absolute Gasteiger partial charge is 0.127 e. The van der Waals surface area contributed by atoms with Crippen molar-refractivity contribution in [2.45, 2.75) is 13.2 Å². The lowest BCUT2D eigenvalue weighted by Crippen LogP contribution is -2.00. The molecule has 3 rings (SSSR count). The van der Waals surface area contributed by atoms with Gasteiger partial charge in [-0.3, -0.25) is 0 Å². The predicted molar refractivity (Wildman–Crippen MR) is 90.3 cm³/mol. The Morgan fingerprint density at radius 3 is 2.29 bits per heavy atom. The molecule has 2 nitrogen and oxygen atoms in total. The standard InChI is InChI=1S/C18H16BrNO/c19-15-8-5-13(6-9-15)12-21-18-10-7-14(11-20)16-3-1-2-4-17(16)18/h1-10H,11-12,20H2. The average Bonchev–Trinajstić information content (AvgIpc) is 2.54. The summed E-state index contributed by atoms with van der Waals surface area (Å²) in [6, 6.07) is 20.4. The highest BCUT2D eigenvalue weighted by Crippen LogP contribution is 2.29. The van der Waals surface area contributed by atoms with Gasteiger partial charge in [-0.15, -0.1) is 0 Å². The van der Waals surface area contributed by atoms with Gasteiger partial charge >= 0.3 is 0 Å². The molecule has 0 bridgehead atoms. The molecule has 21 heavy (non-hydrogen) atoms. The fourth-order valence-corrected chi connectivity index (χ4v) is 2.64. The second-order valence-corrected chi connectivity index (χ2v) is 5.80. The van der Waals surface area contributed by atoms with Crippen LogP contribution < -0.4 is 10.5 Å². The fourth-order valence-electron chi connectivity index (χ4n) is 2.38. The van der Waals surface area contributed by atoms with Crippen LogP contribution >= 0.6 is 15.9 Å². The molecule has 3 aromatic carbocycles. The Hall–Kier alpha value is -1.84. The summed E-state index contributed by atoms with van der Waals surface area (Å²) in [5.41, 5.74) is 8.08. The van der Waals surface area contributed by atoms with Gasteiger partial charge in [0.1, 0.15) is 12.4 Å². The first kappa shape index (κ1) is 14.1. The summed E-state index contributed by atoms with van der Waals surface area (Å²) in [5.74, 6) is 0.894. The molecule has 0 amide bonds. The van der Waals surface area contributed by atoms with Gasteiger partial charge in [-0.2, -0.15) is 0 Å². The third-order valence-electron chi connectivity index (χ3n) is 3.50. The molecule has 106 valence electrons. The van der Waals surface area contributed by atoms with Gasteiger partial charge in [0.05, 0.1) is 0 Å². The van der Waals surface area contributed by atoms with E-state index in [2.05, 4.69) is 40.2 Å². The molecule has 0 radical (unpaired) electrons. The van der Waals surface area contributed by atoms with E-state index < -0.39 is 0 Å². The normalized spacial score (nSPS) is 10.8. The van der Waals surface area contributed by atoms with E-state index in [9.17, 15) is 0 Å². The number of benzene rings is 3. The van der Waals surface area contributed by atoms with Crippen molar-refractivity contribution in [2.24, 2.45) is 5.73 Å². The Balaban J connectivity index is 1.89. The molecule has 0 aliphatic rings. The lowest BCUT2D eigenvalue weighted by molar-refractivity contribution is 0.310. The minimum Gasteiger partial charge on any atom is -0.488 e. The van der Waals surface area contributed by atoms with Gasteiger partial charge < -0.3 is 10.5 Å². The Labute approximate surface area is 132 Å². The quantitative estimate of drug-likeness (QED) is 0.750. The topological polar surface area (TPSA) is 35.2 Å². The van der Waals surface area contributed by atoms with E-state index >= 15 is 0 Å². The summed E-state index contributed by atoms with van der Waals surface area (Å²) in [6.07, 6.45) is 0. The van der Waals surface area contributed by atoms with Crippen LogP contribution in [0.15, 0.2) is 65.1 Å². The Bertz CT molecular complexity index is 753. The molecule has 3 aromatic rings. The van der Waals surface area contributed by atoms with Gasteiger partial charge in [-0.25, -0.2) is 0 Å². The Morgan fingerprint density at radius 1 is 0.857 bits per heavy atom. The van der Waals surface area contributed by atoms with Crippen LogP contribution in [-0.4, -0.2) is 0 Å². The highest BCUT2D eigenvalue weighted by molar-refractivity contribution is 9.10. The molecule has 0 aliphatic carbocycles. The molecule has 0 saturated heterocycles. The molecule has 0 spiro atoms. The maximum absolute atomic E-state index is 5.99.